The molecule has 37 heavy (non-hydrogen) atoms. The van der Waals surface area contributed by atoms with Crippen LogP contribution in [-0.2, 0) is 6.54 Å². The molecular weight excluding hydrogens is 491 g/mol. The summed E-state index contributed by atoms with van der Waals surface area (Å²) < 4.78 is 14.9. The van der Waals surface area contributed by atoms with Crippen molar-refractivity contribution in [2.45, 2.75) is 24.9 Å². The van der Waals surface area contributed by atoms with E-state index >= 15 is 0 Å². The van der Waals surface area contributed by atoms with Crippen LogP contribution >= 0.6 is 11.6 Å². The van der Waals surface area contributed by atoms with Crippen molar-refractivity contribution in [2.75, 3.05) is 32.7 Å². The number of hydrogen-bond donors (Lipinski definition) is 1. The molecular formula is C29H28ClFN4O2. The molecule has 2 aliphatic rings. The highest BCUT2D eigenvalue weighted by Crippen LogP contribution is 2.47. The van der Waals surface area contributed by atoms with E-state index in [1.165, 1.54) is 27.8 Å². The normalized spacial score (nSPS) is 20.4. The zero-order chi connectivity index (χ0) is 25.5. The zero-order valence-electron chi connectivity index (χ0n) is 20.4. The SMILES string of the molecule is O=c1[nH]c2ccccc2c(=O)n1CCN1CCN([C@H]2C[C@H](c3ccc(F)cc3)c3cc(Cl)ccc32)CC1. The van der Waals surface area contributed by atoms with Gasteiger partial charge in [0.1, 0.15) is 5.82 Å². The molecule has 1 N–H and O–H groups in total. The second-order valence-electron chi connectivity index (χ2n) is 9.94. The number of para-hydroxylation sites is 1. The van der Waals surface area contributed by atoms with Crippen LogP contribution in [0.3, 0.4) is 0 Å². The average molecular weight is 519 g/mol. The number of aromatic amines is 1. The van der Waals surface area contributed by atoms with E-state index in [2.05, 4.69) is 26.9 Å². The van der Waals surface area contributed by atoms with Gasteiger partial charge in [-0.3, -0.25) is 19.2 Å². The number of benzene rings is 3. The van der Waals surface area contributed by atoms with Gasteiger partial charge in [0, 0.05) is 56.3 Å². The summed E-state index contributed by atoms with van der Waals surface area (Å²) in [6, 6.07) is 20.3. The van der Waals surface area contributed by atoms with Gasteiger partial charge in [-0.15, -0.1) is 0 Å². The summed E-state index contributed by atoms with van der Waals surface area (Å²) in [5.74, 6) is -0.0440. The lowest BCUT2D eigenvalue weighted by Crippen LogP contribution is -2.49. The van der Waals surface area contributed by atoms with Crippen molar-refractivity contribution in [3.05, 3.63) is 115 Å². The van der Waals surface area contributed by atoms with Gasteiger partial charge in [-0.25, -0.2) is 9.18 Å². The number of nitrogens with zero attached hydrogens (tertiary/aromatic N) is 3. The van der Waals surface area contributed by atoms with Crippen LogP contribution in [0.4, 0.5) is 4.39 Å². The first-order valence-electron chi connectivity index (χ1n) is 12.7. The first kappa shape index (κ1) is 24.1. The third-order valence-corrected chi connectivity index (χ3v) is 8.13. The second-order valence-corrected chi connectivity index (χ2v) is 10.4. The molecule has 4 aromatic rings. The van der Waals surface area contributed by atoms with Crippen LogP contribution in [0.25, 0.3) is 10.9 Å². The summed E-state index contributed by atoms with van der Waals surface area (Å²) in [5, 5.41) is 1.25. The summed E-state index contributed by atoms with van der Waals surface area (Å²) in [6.07, 6.45) is 0.934. The van der Waals surface area contributed by atoms with Crippen LogP contribution in [0.5, 0.6) is 0 Å². The molecule has 0 radical (unpaired) electrons. The average Bonchev–Trinajstić information content (AvgIpc) is 3.28. The smallest absolute Gasteiger partial charge is 0.307 e. The fourth-order valence-corrected chi connectivity index (χ4v) is 6.11. The highest BCUT2D eigenvalue weighted by molar-refractivity contribution is 6.30. The van der Waals surface area contributed by atoms with Gasteiger partial charge in [-0.2, -0.15) is 0 Å². The van der Waals surface area contributed by atoms with E-state index in [0.29, 0.717) is 24.0 Å². The summed E-state index contributed by atoms with van der Waals surface area (Å²) in [4.78, 5) is 33.0. The van der Waals surface area contributed by atoms with Crippen LogP contribution in [0.2, 0.25) is 5.02 Å². The summed E-state index contributed by atoms with van der Waals surface area (Å²) in [6.45, 7) is 4.51. The Bertz CT molecular complexity index is 1560. The maximum absolute atomic E-state index is 13.6. The molecule has 0 unspecified atom stereocenters. The van der Waals surface area contributed by atoms with Crippen LogP contribution in [-0.4, -0.2) is 52.1 Å². The Morgan fingerprint density at radius 1 is 0.892 bits per heavy atom. The van der Waals surface area contributed by atoms with Crippen molar-refractivity contribution >= 4 is 22.5 Å². The maximum atomic E-state index is 13.6. The van der Waals surface area contributed by atoms with E-state index < -0.39 is 0 Å². The predicted octanol–water partition coefficient (Wildman–Crippen LogP) is 4.38. The van der Waals surface area contributed by atoms with Crippen molar-refractivity contribution in [3.8, 4) is 0 Å². The number of hydrogen-bond acceptors (Lipinski definition) is 4. The topological polar surface area (TPSA) is 61.3 Å². The van der Waals surface area contributed by atoms with Crippen molar-refractivity contribution in [1.29, 1.82) is 0 Å². The summed E-state index contributed by atoms with van der Waals surface area (Å²) >= 11 is 6.36. The molecule has 1 fully saturated rings. The van der Waals surface area contributed by atoms with Crippen LogP contribution in [0, 0.1) is 5.82 Å². The molecule has 1 saturated heterocycles. The fourth-order valence-electron chi connectivity index (χ4n) is 5.93. The Morgan fingerprint density at radius 2 is 1.65 bits per heavy atom. The number of nitrogens with one attached hydrogen (secondary N) is 1. The largest absolute Gasteiger partial charge is 0.328 e. The summed E-state index contributed by atoms with van der Waals surface area (Å²) in [7, 11) is 0. The van der Waals surface area contributed by atoms with E-state index in [1.54, 1.807) is 24.3 Å². The van der Waals surface area contributed by atoms with Gasteiger partial charge in [0.2, 0.25) is 0 Å². The lowest BCUT2D eigenvalue weighted by Gasteiger charge is -2.38. The molecule has 0 saturated carbocycles. The lowest BCUT2D eigenvalue weighted by atomic mass is 9.93. The first-order chi connectivity index (χ1) is 18.0. The van der Waals surface area contributed by atoms with Gasteiger partial charge in [-0.1, -0.05) is 41.9 Å². The monoisotopic (exact) mass is 518 g/mol. The van der Waals surface area contributed by atoms with E-state index in [9.17, 15) is 14.0 Å². The zero-order valence-corrected chi connectivity index (χ0v) is 21.1. The molecule has 6 nitrogen and oxygen atoms in total. The number of aromatic nitrogens is 2. The van der Waals surface area contributed by atoms with Crippen LogP contribution < -0.4 is 11.2 Å². The number of piperazine rings is 1. The van der Waals surface area contributed by atoms with Crippen LogP contribution in [0.1, 0.15) is 35.1 Å². The highest BCUT2D eigenvalue weighted by Gasteiger charge is 2.36. The van der Waals surface area contributed by atoms with Crippen molar-refractivity contribution in [3.63, 3.8) is 0 Å². The first-order valence-corrected chi connectivity index (χ1v) is 13.1. The minimum Gasteiger partial charge on any atom is -0.307 e. The van der Waals surface area contributed by atoms with Gasteiger partial charge in [0.05, 0.1) is 10.9 Å². The minimum atomic E-state index is -0.365. The third-order valence-electron chi connectivity index (χ3n) is 7.89. The summed E-state index contributed by atoms with van der Waals surface area (Å²) in [5.41, 5.74) is 3.58. The molecule has 6 rings (SSSR count). The molecule has 1 aliphatic heterocycles. The minimum absolute atomic E-state index is 0.184. The molecule has 3 aromatic carbocycles. The third kappa shape index (κ3) is 4.63. The molecule has 0 bridgehead atoms. The second kappa shape index (κ2) is 9.89. The maximum Gasteiger partial charge on any atom is 0.328 e. The van der Waals surface area contributed by atoms with Crippen LogP contribution in [0.15, 0.2) is 76.3 Å². The molecule has 1 aliphatic carbocycles. The van der Waals surface area contributed by atoms with Gasteiger partial charge < -0.3 is 4.98 Å². The van der Waals surface area contributed by atoms with Crippen molar-refractivity contribution < 1.29 is 4.39 Å². The van der Waals surface area contributed by atoms with Gasteiger partial charge in [0.15, 0.2) is 0 Å². The molecule has 190 valence electrons. The highest BCUT2D eigenvalue weighted by atomic mass is 35.5. The molecule has 2 heterocycles. The standard InChI is InChI=1S/C29H28ClFN4O2/c30-20-7-10-22-25(17-20)24(19-5-8-21(31)9-6-19)18-27(22)34-14-11-33(12-15-34)13-16-35-28(36)23-3-1-2-4-26(23)32-29(35)37/h1-10,17,24,27H,11-16,18H2,(H,32,37)/t24-,27+/m1/s1. The van der Waals surface area contributed by atoms with E-state index in [1.807, 2.05) is 18.2 Å². The Labute approximate surface area is 218 Å². The molecule has 8 heteroatoms. The molecule has 1 aromatic heterocycles. The number of H-pyrrole nitrogens is 1. The Hall–Kier alpha value is -3.26. The van der Waals surface area contributed by atoms with Crippen molar-refractivity contribution in [1.82, 2.24) is 19.4 Å². The van der Waals surface area contributed by atoms with E-state index in [4.69, 9.17) is 11.6 Å². The van der Waals surface area contributed by atoms with Crippen molar-refractivity contribution in [2.24, 2.45) is 0 Å². The molecule has 0 spiro atoms. The Kier molecular flexibility index (Phi) is 6.44. The quantitative estimate of drug-likeness (QED) is 0.426. The lowest BCUT2D eigenvalue weighted by molar-refractivity contribution is 0.0923. The van der Waals surface area contributed by atoms with Gasteiger partial charge in [0.25, 0.3) is 5.56 Å². The molecule has 0 amide bonds. The van der Waals surface area contributed by atoms with Gasteiger partial charge in [-0.05, 0) is 59.5 Å². The van der Waals surface area contributed by atoms with E-state index in [0.717, 1.165) is 43.2 Å². The Morgan fingerprint density at radius 3 is 2.43 bits per heavy atom. The number of halogens is 2. The fraction of sp³-hybridized carbons (Fsp3) is 0.310. The number of rotatable bonds is 5. The molecule has 2 atom stereocenters. The van der Waals surface area contributed by atoms with Gasteiger partial charge >= 0.3 is 5.69 Å². The predicted molar refractivity (Wildman–Crippen MR) is 144 cm³/mol. The number of fused-ring (bicyclic) bond motifs is 2. The Balaban J connectivity index is 1.14. The van der Waals surface area contributed by atoms with E-state index in [-0.39, 0.29) is 29.0 Å².